The number of rotatable bonds is 4. The molecule has 48 heavy (non-hydrogen) atoms. The Kier molecular flexibility index (Phi) is 7.19. The second-order valence-electron chi connectivity index (χ2n) is 11.6. The summed E-state index contributed by atoms with van der Waals surface area (Å²) in [5.41, 5.74) is 3.23. The fourth-order valence-electron chi connectivity index (χ4n) is 6.53. The number of nitrogens with zero attached hydrogens (tertiary/aromatic N) is 3. The van der Waals surface area contributed by atoms with Gasteiger partial charge in [-0.25, -0.2) is 15.0 Å². The first-order chi connectivity index (χ1) is 23.8. The van der Waals surface area contributed by atoms with Gasteiger partial charge in [-0.05, 0) is 83.2 Å². The molecule has 3 aromatic heterocycles. The van der Waals surface area contributed by atoms with Crippen molar-refractivity contribution < 1.29 is 0 Å². The molecule has 0 fully saturated rings. The summed E-state index contributed by atoms with van der Waals surface area (Å²) in [5, 5.41) is 13.8. The fourth-order valence-corrected chi connectivity index (χ4v) is 7.85. The summed E-state index contributed by atoms with van der Waals surface area (Å²) in [6, 6.07) is 54.2. The van der Waals surface area contributed by atoms with Crippen LogP contribution >= 0.6 is 22.7 Å². The lowest BCUT2D eigenvalue weighted by Gasteiger charge is -2.11. The van der Waals surface area contributed by atoms with Gasteiger partial charge in [0.1, 0.15) is 0 Å². The Hall–Kier alpha value is -5.75. The molecule has 9 rings (SSSR count). The zero-order valence-electron chi connectivity index (χ0n) is 25.7. The van der Waals surface area contributed by atoms with Gasteiger partial charge in [0, 0.05) is 5.56 Å². The Balaban J connectivity index is 1.31. The van der Waals surface area contributed by atoms with Crippen molar-refractivity contribution in [2.45, 2.75) is 0 Å². The Morgan fingerprint density at radius 1 is 0.333 bits per heavy atom. The van der Waals surface area contributed by atoms with Gasteiger partial charge in [0.05, 0.1) is 9.75 Å². The molecule has 226 valence electrons. The molecular weight excluding hydrogens is 623 g/mol. The summed E-state index contributed by atoms with van der Waals surface area (Å²) < 4.78 is 0. The van der Waals surface area contributed by atoms with E-state index in [0.717, 1.165) is 26.4 Å². The molecule has 0 aliphatic heterocycles. The highest BCUT2D eigenvalue weighted by Crippen LogP contribution is 2.37. The van der Waals surface area contributed by atoms with Gasteiger partial charge in [-0.1, -0.05) is 133 Å². The van der Waals surface area contributed by atoms with Crippen LogP contribution in [0.4, 0.5) is 0 Å². The molecule has 0 bridgehead atoms. The zero-order chi connectivity index (χ0) is 31.9. The van der Waals surface area contributed by atoms with Gasteiger partial charge < -0.3 is 0 Å². The van der Waals surface area contributed by atoms with Crippen molar-refractivity contribution in [2.75, 3.05) is 0 Å². The van der Waals surface area contributed by atoms with Crippen molar-refractivity contribution in [2.24, 2.45) is 0 Å². The summed E-state index contributed by atoms with van der Waals surface area (Å²) in [4.78, 5) is 16.8. The second-order valence-corrected chi connectivity index (χ2v) is 13.5. The topological polar surface area (TPSA) is 38.7 Å². The van der Waals surface area contributed by atoms with E-state index in [9.17, 15) is 0 Å². The molecular formula is C43H27N3S2. The lowest BCUT2D eigenvalue weighted by Crippen LogP contribution is -1.98. The monoisotopic (exact) mass is 649 g/mol. The molecule has 3 heterocycles. The first-order valence-corrected chi connectivity index (χ1v) is 17.6. The van der Waals surface area contributed by atoms with Crippen molar-refractivity contribution in [3.63, 3.8) is 0 Å². The third kappa shape index (κ3) is 5.10. The molecule has 0 spiro atoms. The molecule has 0 saturated carbocycles. The molecule has 5 heteroatoms. The number of thiophene rings is 2. The SMILES string of the molecule is c1csc(-c2nc(-c3ccc(-c4cc5ccccc5c5ccccc5c5ccccc5c5ccccc45)cc3)nc(-c3cccs3)n2)c1. The standard InChI is InChI=1S/C43H27N3S2/c1-2-12-31-30(11-1)27-38(37-18-8-7-17-36(37)35-16-6-5-15-34(35)33-14-4-3-13-32(31)33)28-21-23-29(24-22-28)41-44-42(39-19-9-25-47-39)46-43(45-41)40-20-10-26-48-40/h1-27H. The second kappa shape index (κ2) is 12.1. The van der Waals surface area contributed by atoms with Gasteiger partial charge in [-0.3, -0.25) is 0 Å². The minimum absolute atomic E-state index is 0.666. The highest BCUT2D eigenvalue weighted by Gasteiger charge is 2.14. The molecule has 0 amide bonds. The Morgan fingerprint density at radius 2 is 0.750 bits per heavy atom. The van der Waals surface area contributed by atoms with E-state index in [-0.39, 0.29) is 0 Å². The van der Waals surface area contributed by atoms with Crippen LogP contribution in [0, 0.1) is 0 Å². The number of aromatic nitrogens is 3. The largest absolute Gasteiger partial charge is 0.207 e. The van der Waals surface area contributed by atoms with Crippen LogP contribution in [0.25, 0.3) is 87.0 Å². The van der Waals surface area contributed by atoms with Crippen LogP contribution in [0.2, 0.25) is 0 Å². The van der Waals surface area contributed by atoms with Crippen LogP contribution < -0.4 is 0 Å². The fraction of sp³-hybridized carbons (Fsp3) is 0. The van der Waals surface area contributed by atoms with Crippen LogP contribution in [0.5, 0.6) is 0 Å². The summed E-state index contributed by atoms with van der Waals surface area (Å²) in [7, 11) is 0. The van der Waals surface area contributed by atoms with Crippen LogP contribution in [0.15, 0.2) is 162 Å². The van der Waals surface area contributed by atoms with E-state index in [2.05, 4.69) is 150 Å². The van der Waals surface area contributed by atoms with Gasteiger partial charge >= 0.3 is 0 Å². The summed E-state index contributed by atoms with van der Waals surface area (Å²) in [6.45, 7) is 0. The molecule has 3 nitrogen and oxygen atoms in total. The van der Waals surface area contributed by atoms with Crippen molar-refractivity contribution in [1.82, 2.24) is 15.0 Å². The van der Waals surface area contributed by atoms with E-state index in [1.165, 1.54) is 43.1 Å². The average Bonchev–Trinajstić information content (AvgIpc) is 3.90. The maximum Gasteiger partial charge on any atom is 0.174 e. The predicted octanol–water partition coefficient (Wildman–Crippen LogP) is 12.4. The maximum atomic E-state index is 4.94. The van der Waals surface area contributed by atoms with Crippen LogP contribution in [-0.2, 0) is 0 Å². The maximum absolute atomic E-state index is 4.94. The Labute approximate surface area is 285 Å². The molecule has 9 aromatic rings. The van der Waals surface area contributed by atoms with E-state index in [1.54, 1.807) is 22.7 Å². The van der Waals surface area contributed by atoms with Crippen LogP contribution in [0.1, 0.15) is 0 Å². The number of fused-ring (bicyclic) bond motifs is 7. The van der Waals surface area contributed by atoms with E-state index >= 15 is 0 Å². The van der Waals surface area contributed by atoms with E-state index in [4.69, 9.17) is 15.0 Å². The van der Waals surface area contributed by atoms with Crippen LogP contribution in [-0.4, -0.2) is 15.0 Å². The number of hydrogen-bond donors (Lipinski definition) is 0. The van der Waals surface area contributed by atoms with Gasteiger partial charge in [-0.2, -0.15) is 0 Å². The highest BCUT2D eigenvalue weighted by molar-refractivity contribution is 7.13. The Bertz CT molecular complexity index is 2610. The molecule has 0 radical (unpaired) electrons. The van der Waals surface area contributed by atoms with Gasteiger partial charge in [-0.15, -0.1) is 22.7 Å². The Morgan fingerprint density at radius 3 is 1.27 bits per heavy atom. The molecule has 0 aliphatic rings. The van der Waals surface area contributed by atoms with Gasteiger partial charge in [0.25, 0.3) is 0 Å². The first kappa shape index (κ1) is 28.5. The van der Waals surface area contributed by atoms with Crippen molar-refractivity contribution >= 4 is 65.8 Å². The molecule has 0 atom stereocenters. The quantitative estimate of drug-likeness (QED) is 0.190. The van der Waals surface area contributed by atoms with E-state index < -0.39 is 0 Å². The third-order valence-corrected chi connectivity index (χ3v) is 10.5. The number of benzene rings is 5. The van der Waals surface area contributed by atoms with Gasteiger partial charge in [0.2, 0.25) is 0 Å². The van der Waals surface area contributed by atoms with E-state index in [1.807, 2.05) is 12.1 Å². The van der Waals surface area contributed by atoms with Crippen molar-refractivity contribution in [1.29, 1.82) is 0 Å². The molecule has 0 unspecified atom stereocenters. The minimum atomic E-state index is 0.666. The normalized spacial score (nSPS) is 11.3. The first-order valence-electron chi connectivity index (χ1n) is 15.8. The van der Waals surface area contributed by atoms with Gasteiger partial charge in [0.15, 0.2) is 17.5 Å². The highest BCUT2D eigenvalue weighted by atomic mass is 32.1. The smallest absolute Gasteiger partial charge is 0.174 e. The zero-order valence-corrected chi connectivity index (χ0v) is 27.4. The molecule has 0 aliphatic carbocycles. The summed E-state index contributed by atoms with van der Waals surface area (Å²) >= 11 is 3.27. The molecule has 6 aromatic carbocycles. The molecule has 0 N–H and O–H groups in total. The average molecular weight is 650 g/mol. The third-order valence-electron chi connectivity index (χ3n) is 8.78. The summed E-state index contributed by atoms with van der Waals surface area (Å²) in [6.07, 6.45) is 0. The lowest BCUT2D eigenvalue weighted by molar-refractivity contribution is 1.08. The number of hydrogen-bond acceptors (Lipinski definition) is 5. The van der Waals surface area contributed by atoms with Crippen LogP contribution in [0.3, 0.4) is 0 Å². The lowest BCUT2D eigenvalue weighted by atomic mass is 9.93. The molecule has 0 saturated heterocycles. The van der Waals surface area contributed by atoms with Crippen molar-refractivity contribution in [3.8, 4) is 43.9 Å². The minimum Gasteiger partial charge on any atom is -0.207 e. The predicted molar refractivity (Wildman–Crippen MR) is 205 cm³/mol. The van der Waals surface area contributed by atoms with E-state index in [0.29, 0.717) is 17.5 Å². The van der Waals surface area contributed by atoms with Crippen molar-refractivity contribution in [3.05, 3.63) is 162 Å². The summed E-state index contributed by atoms with van der Waals surface area (Å²) in [5.74, 6) is 2.06.